The number of halogens is 2. The molecule has 3 aromatic rings. The number of benzene rings is 2. The Morgan fingerprint density at radius 2 is 1.83 bits per heavy atom. The lowest BCUT2D eigenvalue weighted by Crippen LogP contribution is -2.42. The molecule has 2 aromatic carbocycles. The van der Waals surface area contributed by atoms with Crippen LogP contribution in [0.25, 0.3) is 0 Å². The number of nitrogens with zero attached hydrogens (tertiary/aromatic N) is 2. The molecule has 8 heteroatoms. The topological polar surface area (TPSA) is 82.2 Å². The molecule has 1 atom stereocenters. The van der Waals surface area contributed by atoms with E-state index in [1.165, 1.54) is 5.56 Å². The number of nitrogens with one attached hydrogen (secondary N) is 1. The number of imidazole rings is 1. The summed E-state index contributed by atoms with van der Waals surface area (Å²) in [6.07, 6.45) is 4.81. The van der Waals surface area contributed by atoms with Gasteiger partial charge in [0.05, 0.1) is 25.2 Å². The first-order valence-corrected chi connectivity index (χ1v) is 9.35. The molecule has 3 N–H and O–H groups in total. The van der Waals surface area contributed by atoms with E-state index in [9.17, 15) is 4.79 Å². The Morgan fingerprint density at radius 3 is 2.57 bits per heavy atom. The summed E-state index contributed by atoms with van der Waals surface area (Å²) in [6.45, 7) is 1.25. The third kappa shape index (κ3) is 7.37. The smallest absolute Gasteiger partial charge is 0.237 e. The Kier molecular flexibility index (Phi) is 11.0. The molecule has 6 nitrogen and oxygen atoms in total. The van der Waals surface area contributed by atoms with Crippen molar-refractivity contribution < 1.29 is 9.53 Å². The van der Waals surface area contributed by atoms with Crippen LogP contribution in [-0.2, 0) is 24.2 Å². The monoisotopic (exact) mass is 450 g/mol. The van der Waals surface area contributed by atoms with Crippen LogP contribution in [0.1, 0.15) is 16.8 Å². The van der Waals surface area contributed by atoms with Crippen molar-refractivity contribution in [3.05, 3.63) is 83.9 Å². The molecule has 0 bridgehead atoms. The second-order valence-corrected chi connectivity index (χ2v) is 6.69. The minimum Gasteiger partial charge on any atom is -0.496 e. The first-order valence-electron chi connectivity index (χ1n) is 9.35. The van der Waals surface area contributed by atoms with Gasteiger partial charge in [-0.2, -0.15) is 0 Å². The number of rotatable bonds is 9. The molecule has 0 spiro atoms. The molecule has 1 aromatic heterocycles. The molecule has 0 aliphatic rings. The summed E-state index contributed by atoms with van der Waals surface area (Å²) < 4.78 is 7.32. The van der Waals surface area contributed by atoms with E-state index in [0.717, 1.165) is 23.6 Å². The van der Waals surface area contributed by atoms with Crippen LogP contribution in [0.2, 0.25) is 0 Å². The fraction of sp³-hybridized carbons (Fsp3) is 0.273. The average molecular weight is 451 g/mol. The lowest BCUT2D eigenvalue weighted by atomic mass is 10.1. The molecule has 3 rings (SSSR count). The highest BCUT2D eigenvalue weighted by Gasteiger charge is 2.15. The van der Waals surface area contributed by atoms with Gasteiger partial charge in [-0.1, -0.05) is 48.5 Å². The molecule has 30 heavy (non-hydrogen) atoms. The second-order valence-electron chi connectivity index (χ2n) is 6.69. The molecule has 0 radical (unpaired) electrons. The molecule has 0 unspecified atom stereocenters. The molecular formula is C22H28Cl2N4O2. The Morgan fingerprint density at radius 1 is 1.13 bits per heavy atom. The van der Waals surface area contributed by atoms with Gasteiger partial charge >= 0.3 is 0 Å². The third-order valence-corrected chi connectivity index (χ3v) is 4.55. The van der Waals surface area contributed by atoms with Gasteiger partial charge in [0.2, 0.25) is 5.91 Å². The predicted molar refractivity (Wildman–Crippen MR) is 124 cm³/mol. The van der Waals surface area contributed by atoms with Crippen LogP contribution in [0.3, 0.4) is 0 Å². The fourth-order valence-electron chi connectivity index (χ4n) is 3.07. The SMILES string of the molecule is COc1ccccc1CCNC(=O)[C@@H](N)Cc1cn(Cc2ccccc2)cn1.Cl.Cl. The maximum atomic E-state index is 12.3. The van der Waals surface area contributed by atoms with E-state index in [-0.39, 0.29) is 30.7 Å². The number of hydrogen-bond acceptors (Lipinski definition) is 4. The molecule has 1 heterocycles. The van der Waals surface area contributed by atoms with E-state index < -0.39 is 6.04 Å². The van der Waals surface area contributed by atoms with Gasteiger partial charge in [0.1, 0.15) is 5.75 Å². The van der Waals surface area contributed by atoms with E-state index in [1.807, 2.05) is 53.2 Å². The molecule has 0 aliphatic carbocycles. The zero-order chi connectivity index (χ0) is 19.8. The zero-order valence-electron chi connectivity index (χ0n) is 16.9. The van der Waals surface area contributed by atoms with Crippen molar-refractivity contribution in [3.63, 3.8) is 0 Å². The molecule has 0 aliphatic heterocycles. The van der Waals surface area contributed by atoms with E-state index >= 15 is 0 Å². The number of aromatic nitrogens is 2. The van der Waals surface area contributed by atoms with Gasteiger partial charge in [-0.05, 0) is 23.6 Å². The zero-order valence-corrected chi connectivity index (χ0v) is 18.5. The average Bonchev–Trinajstić information content (AvgIpc) is 3.15. The molecule has 0 saturated heterocycles. The molecule has 162 valence electrons. The largest absolute Gasteiger partial charge is 0.496 e. The third-order valence-electron chi connectivity index (χ3n) is 4.55. The Hall–Kier alpha value is -2.54. The van der Waals surface area contributed by atoms with Crippen LogP contribution < -0.4 is 15.8 Å². The molecular weight excluding hydrogens is 423 g/mol. The molecule has 0 fully saturated rings. The minimum absolute atomic E-state index is 0. The van der Waals surface area contributed by atoms with Gasteiger partial charge in [-0.15, -0.1) is 24.8 Å². The number of amides is 1. The van der Waals surface area contributed by atoms with E-state index in [1.54, 1.807) is 13.4 Å². The Balaban J connectivity index is 0.00000225. The summed E-state index contributed by atoms with van der Waals surface area (Å²) in [5, 5.41) is 2.90. The summed E-state index contributed by atoms with van der Waals surface area (Å²) in [5.41, 5.74) is 9.12. The van der Waals surface area contributed by atoms with Crippen LogP contribution in [0.15, 0.2) is 67.1 Å². The standard InChI is InChI=1S/C22H26N4O2.2ClH/c1-28-21-10-6-5-9-18(21)11-12-24-22(27)20(23)13-19-15-26(16-25-19)14-17-7-3-2-4-8-17;;/h2-10,15-16,20H,11-14,23H2,1H3,(H,24,27);2*1H/t20-;;/m0../s1. The van der Waals surface area contributed by atoms with Gasteiger partial charge in [-0.3, -0.25) is 4.79 Å². The van der Waals surface area contributed by atoms with Crippen molar-refractivity contribution in [2.75, 3.05) is 13.7 Å². The van der Waals surface area contributed by atoms with E-state index in [0.29, 0.717) is 19.4 Å². The Bertz CT molecular complexity index is 903. The Labute approximate surface area is 189 Å². The lowest BCUT2D eigenvalue weighted by molar-refractivity contribution is -0.122. The van der Waals surface area contributed by atoms with Crippen LogP contribution in [0.4, 0.5) is 0 Å². The lowest BCUT2D eigenvalue weighted by Gasteiger charge is -2.12. The number of nitrogens with two attached hydrogens (primary N) is 1. The van der Waals surface area contributed by atoms with Crippen molar-refractivity contribution in [2.45, 2.75) is 25.4 Å². The highest BCUT2D eigenvalue weighted by atomic mass is 35.5. The van der Waals surface area contributed by atoms with Crippen molar-refractivity contribution in [1.29, 1.82) is 0 Å². The predicted octanol–water partition coefficient (Wildman–Crippen LogP) is 3.01. The van der Waals surface area contributed by atoms with Gasteiger partial charge in [0, 0.05) is 25.7 Å². The van der Waals surface area contributed by atoms with Crippen LogP contribution in [0.5, 0.6) is 5.75 Å². The number of ether oxygens (including phenoxy) is 1. The number of carbonyl (C=O) groups excluding carboxylic acids is 1. The summed E-state index contributed by atoms with van der Waals surface area (Å²) in [4.78, 5) is 16.7. The quantitative estimate of drug-likeness (QED) is 0.524. The van der Waals surface area contributed by atoms with Crippen molar-refractivity contribution in [2.24, 2.45) is 5.73 Å². The van der Waals surface area contributed by atoms with Crippen LogP contribution >= 0.6 is 24.8 Å². The number of hydrogen-bond donors (Lipinski definition) is 2. The summed E-state index contributed by atoms with van der Waals surface area (Å²) in [6, 6.07) is 17.3. The highest BCUT2D eigenvalue weighted by molar-refractivity contribution is 5.85. The van der Waals surface area contributed by atoms with Gasteiger partial charge < -0.3 is 20.4 Å². The minimum atomic E-state index is -0.627. The number of para-hydroxylation sites is 1. The first-order chi connectivity index (χ1) is 13.7. The van der Waals surface area contributed by atoms with E-state index in [4.69, 9.17) is 10.5 Å². The van der Waals surface area contributed by atoms with E-state index in [2.05, 4.69) is 22.4 Å². The maximum absolute atomic E-state index is 12.3. The molecule has 0 saturated carbocycles. The fourth-order valence-corrected chi connectivity index (χ4v) is 3.07. The van der Waals surface area contributed by atoms with Crippen LogP contribution in [0, 0.1) is 0 Å². The van der Waals surface area contributed by atoms with Crippen LogP contribution in [-0.4, -0.2) is 35.2 Å². The summed E-state index contributed by atoms with van der Waals surface area (Å²) in [5.74, 6) is 0.650. The number of carbonyl (C=O) groups is 1. The first kappa shape index (κ1) is 25.5. The highest BCUT2D eigenvalue weighted by Crippen LogP contribution is 2.17. The normalized spacial score (nSPS) is 11.0. The maximum Gasteiger partial charge on any atom is 0.237 e. The van der Waals surface area contributed by atoms with Gasteiger partial charge in [-0.25, -0.2) is 4.98 Å². The molecule has 1 amide bonds. The van der Waals surface area contributed by atoms with Crippen molar-refractivity contribution in [3.8, 4) is 5.75 Å². The summed E-state index contributed by atoms with van der Waals surface area (Å²) >= 11 is 0. The van der Waals surface area contributed by atoms with Gasteiger partial charge in [0.15, 0.2) is 0 Å². The van der Waals surface area contributed by atoms with Crippen molar-refractivity contribution in [1.82, 2.24) is 14.9 Å². The van der Waals surface area contributed by atoms with Crippen molar-refractivity contribution >= 4 is 30.7 Å². The summed E-state index contributed by atoms with van der Waals surface area (Å²) in [7, 11) is 1.64. The van der Waals surface area contributed by atoms with Gasteiger partial charge in [0.25, 0.3) is 0 Å². The number of methoxy groups -OCH3 is 1. The second kappa shape index (κ2) is 12.9.